The minimum atomic E-state index is -0.669. The predicted octanol–water partition coefficient (Wildman–Crippen LogP) is 2.07. The Bertz CT molecular complexity index is 959. The monoisotopic (exact) mass is 388 g/mol. The van der Waals surface area contributed by atoms with Crippen molar-refractivity contribution in [3.63, 3.8) is 0 Å². The summed E-state index contributed by atoms with van der Waals surface area (Å²) in [5.74, 6) is 0.431. The molecular weight excluding hydrogens is 376 g/mol. The van der Waals surface area contributed by atoms with Crippen LogP contribution in [0.4, 0.5) is 0 Å². The molecule has 1 aromatic carbocycles. The number of benzene rings is 1. The number of fused-ring (bicyclic) bond motifs is 1. The van der Waals surface area contributed by atoms with Gasteiger partial charge in [0.2, 0.25) is 11.8 Å². The molecule has 0 unspecified atom stereocenters. The zero-order chi connectivity index (χ0) is 17.4. The van der Waals surface area contributed by atoms with Crippen molar-refractivity contribution in [1.82, 2.24) is 9.97 Å². The van der Waals surface area contributed by atoms with E-state index in [9.17, 15) is 10.1 Å². The first-order chi connectivity index (χ1) is 11.5. The molecule has 122 valence electrons. The zero-order valence-electron chi connectivity index (χ0n) is 12.9. The highest BCUT2D eigenvalue weighted by Crippen LogP contribution is 2.40. The van der Waals surface area contributed by atoms with Gasteiger partial charge in [0.15, 0.2) is 0 Å². The summed E-state index contributed by atoms with van der Waals surface area (Å²) in [5.41, 5.74) is 6.62. The molecule has 1 aromatic heterocycles. The van der Waals surface area contributed by atoms with Crippen LogP contribution in [0.1, 0.15) is 22.9 Å². The van der Waals surface area contributed by atoms with Gasteiger partial charge in [0, 0.05) is 0 Å². The van der Waals surface area contributed by atoms with Gasteiger partial charge in [-0.15, -0.1) is 0 Å². The minimum Gasteiger partial charge on any atom is -0.496 e. The van der Waals surface area contributed by atoms with Crippen LogP contribution in [-0.2, 0) is 0 Å². The molecule has 0 saturated heterocycles. The van der Waals surface area contributed by atoms with E-state index < -0.39 is 5.92 Å². The average molecular weight is 389 g/mol. The number of hydrogen-bond donors (Lipinski definition) is 2. The zero-order valence-corrected chi connectivity index (χ0v) is 14.5. The van der Waals surface area contributed by atoms with Gasteiger partial charge in [-0.1, -0.05) is 6.07 Å². The largest absolute Gasteiger partial charge is 0.496 e. The van der Waals surface area contributed by atoms with Gasteiger partial charge in [0.1, 0.15) is 23.2 Å². The number of nitrogens with one attached hydrogen (secondary N) is 1. The van der Waals surface area contributed by atoms with Gasteiger partial charge >= 0.3 is 0 Å². The van der Waals surface area contributed by atoms with Crippen molar-refractivity contribution in [2.75, 3.05) is 7.11 Å². The Morgan fingerprint density at radius 2 is 2.25 bits per heavy atom. The Morgan fingerprint density at radius 1 is 1.50 bits per heavy atom. The number of ether oxygens (including phenoxy) is 2. The molecule has 0 aliphatic carbocycles. The molecule has 0 fully saturated rings. The van der Waals surface area contributed by atoms with E-state index in [0.29, 0.717) is 21.6 Å². The Balaban J connectivity index is 2.28. The molecule has 0 spiro atoms. The molecule has 1 atom stereocenters. The average Bonchev–Trinajstić information content (AvgIpc) is 2.53. The van der Waals surface area contributed by atoms with Crippen molar-refractivity contribution in [2.24, 2.45) is 5.73 Å². The number of nitrogens with zero attached hydrogens (tertiary/aromatic N) is 2. The topological polar surface area (TPSA) is 114 Å². The third kappa shape index (κ3) is 2.53. The molecule has 8 heteroatoms. The normalized spacial score (nSPS) is 16.2. The molecule has 0 bridgehead atoms. The summed E-state index contributed by atoms with van der Waals surface area (Å²) in [4.78, 5) is 19.3. The van der Waals surface area contributed by atoms with Crippen molar-refractivity contribution >= 4 is 15.9 Å². The van der Waals surface area contributed by atoms with Gasteiger partial charge in [0.05, 0.1) is 23.1 Å². The van der Waals surface area contributed by atoms with Gasteiger partial charge in [-0.3, -0.25) is 4.79 Å². The number of hydrogen-bond acceptors (Lipinski definition) is 6. The number of nitriles is 1. The lowest BCUT2D eigenvalue weighted by Gasteiger charge is -2.25. The maximum atomic E-state index is 12.5. The summed E-state index contributed by atoms with van der Waals surface area (Å²) in [5, 5.41) is 9.50. The third-order valence-electron chi connectivity index (χ3n) is 3.72. The number of H-pyrrole nitrogens is 1. The van der Waals surface area contributed by atoms with E-state index >= 15 is 0 Å². The number of rotatable bonds is 2. The third-order valence-corrected chi connectivity index (χ3v) is 4.34. The molecule has 0 radical (unpaired) electrons. The van der Waals surface area contributed by atoms with E-state index in [1.807, 2.05) is 6.07 Å². The van der Waals surface area contributed by atoms with Crippen LogP contribution in [0.15, 0.2) is 38.9 Å². The van der Waals surface area contributed by atoms with Gasteiger partial charge in [-0.05, 0) is 40.5 Å². The standard InChI is InChI=1S/C16H13BrN4O3/c1-7-20-15(22)13-12(8-3-4-11(23-2)10(17)5-8)9(6-18)14(19)24-16(13)21-7/h3-5,12H,19H2,1-2H3,(H,20,21,22)/t12-/m1/s1. The molecule has 0 amide bonds. The second-order valence-electron chi connectivity index (χ2n) is 5.19. The fraction of sp³-hybridized carbons (Fsp3) is 0.188. The Hall–Kier alpha value is -2.79. The number of nitrogens with two attached hydrogens (primary N) is 1. The molecular formula is C16H13BrN4O3. The summed E-state index contributed by atoms with van der Waals surface area (Å²) in [6.45, 7) is 1.64. The van der Waals surface area contributed by atoms with Crippen LogP contribution in [0.2, 0.25) is 0 Å². The first-order valence-electron chi connectivity index (χ1n) is 6.98. The summed E-state index contributed by atoms with van der Waals surface area (Å²) in [7, 11) is 1.56. The van der Waals surface area contributed by atoms with Crippen molar-refractivity contribution in [3.05, 3.63) is 61.4 Å². The molecule has 7 nitrogen and oxygen atoms in total. The smallest absolute Gasteiger partial charge is 0.258 e. The lowest BCUT2D eigenvalue weighted by molar-refractivity contribution is 0.373. The van der Waals surface area contributed by atoms with Crippen LogP contribution in [0.5, 0.6) is 11.6 Å². The van der Waals surface area contributed by atoms with Crippen molar-refractivity contribution < 1.29 is 9.47 Å². The summed E-state index contributed by atoms with van der Waals surface area (Å²) in [6.07, 6.45) is 0. The number of aromatic amines is 1. The first kappa shape index (κ1) is 16.1. The van der Waals surface area contributed by atoms with Crippen molar-refractivity contribution in [2.45, 2.75) is 12.8 Å². The van der Waals surface area contributed by atoms with E-state index in [2.05, 4.69) is 25.9 Å². The highest BCUT2D eigenvalue weighted by molar-refractivity contribution is 9.10. The molecule has 2 heterocycles. The van der Waals surface area contributed by atoms with E-state index in [-0.39, 0.29) is 28.5 Å². The maximum Gasteiger partial charge on any atom is 0.258 e. The van der Waals surface area contributed by atoms with E-state index in [1.165, 1.54) is 0 Å². The summed E-state index contributed by atoms with van der Waals surface area (Å²) < 4.78 is 11.3. The quantitative estimate of drug-likeness (QED) is 0.813. The summed E-state index contributed by atoms with van der Waals surface area (Å²) >= 11 is 3.41. The number of aryl methyl sites for hydroxylation is 1. The highest BCUT2D eigenvalue weighted by atomic mass is 79.9. The fourth-order valence-corrected chi connectivity index (χ4v) is 3.22. The van der Waals surface area contributed by atoms with Gasteiger partial charge < -0.3 is 20.2 Å². The molecule has 24 heavy (non-hydrogen) atoms. The predicted molar refractivity (Wildman–Crippen MR) is 89.6 cm³/mol. The van der Waals surface area contributed by atoms with Crippen LogP contribution < -0.4 is 20.8 Å². The Labute approximate surface area is 145 Å². The van der Waals surface area contributed by atoms with Gasteiger partial charge in [0.25, 0.3) is 5.56 Å². The lowest BCUT2D eigenvalue weighted by atomic mass is 9.85. The number of methoxy groups -OCH3 is 1. The fourth-order valence-electron chi connectivity index (χ4n) is 2.66. The Kier molecular flexibility index (Phi) is 4.03. The maximum absolute atomic E-state index is 12.5. The molecule has 2 aromatic rings. The van der Waals surface area contributed by atoms with Gasteiger partial charge in [-0.2, -0.15) is 10.2 Å². The second-order valence-corrected chi connectivity index (χ2v) is 6.04. The van der Waals surface area contributed by atoms with Crippen LogP contribution >= 0.6 is 15.9 Å². The molecule has 3 rings (SSSR count). The van der Waals surface area contributed by atoms with Crippen LogP contribution in [0.3, 0.4) is 0 Å². The molecule has 0 saturated carbocycles. The summed E-state index contributed by atoms with van der Waals surface area (Å²) in [6, 6.07) is 7.33. The van der Waals surface area contributed by atoms with E-state index in [0.717, 1.165) is 0 Å². The number of halogens is 1. The van der Waals surface area contributed by atoms with Crippen LogP contribution in [-0.4, -0.2) is 17.1 Å². The number of aromatic nitrogens is 2. The minimum absolute atomic E-state index is 0.0561. The highest BCUT2D eigenvalue weighted by Gasteiger charge is 2.34. The van der Waals surface area contributed by atoms with Crippen LogP contribution in [0.25, 0.3) is 0 Å². The van der Waals surface area contributed by atoms with Crippen molar-refractivity contribution in [1.29, 1.82) is 5.26 Å². The Morgan fingerprint density at radius 3 is 2.88 bits per heavy atom. The lowest BCUT2D eigenvalue weighted by Crippen LogP contribution is -2.29. The first-order valence-corrected chi connectivity index (χ1v) is 7.77. The van der Waals surface area contributed by atoms with E-state index in [1.54, 1.807) is 32.2 Å². The van der Waals surface area contributed by atoms with Crippen LogP contribution in [0, 0.1) is 18.3 Å². The van der Waals surface area contributed by atoms with Gasteiger partial charge in [-0.25, -0.2) is 0 Å². The SMILES string of the molecule is COc1ccc([C@@H]2C(C#N)=C(N)Oc3nc(C)[nH]c(=O)c32)cc1Br. The van der Waals surface area contributed by atoms with E-state index in [4.69, 9.17) is 15.2 Å². The molecule has 1 aliphatic rings. The molecule has 3 N–H and O–H groups in total. The number of allylic oxidation sites excluding steroid dienone is 1. The van der Waals surface area contributed by atoms with Crippen molar-refractivity contribution in [3.8, 4) is 17.7 Å². The molecule has 1 aliphatic heterocycles. The second kappa shape index (κ2) is 6.02.